The Morgan fingerprint density at radius 1 is 1.04 bits per heavy atom. The molecule has 0 atom stereocenters. The van der Waals surface area contributed by atoms with Crippen LogP contribution in [0.1, 0.15) is 33.2 Å². The molecular formula is C20H21NO6S. The summed E-state index contributed by atoms with van der Waals surface area (Å²) in [5, 5.41) is 0. The van der Waals surface area contributed by atoms with E-state index < -0.39 is 16.0 Å². The first-order chi connectivity index (χ1) is 13.3. The minimum atomic E-state index is -3.71. The molecule has 2 aromatic carbocycles. The number of hydrogen-bond acceptors (Lipinski definition) is 6. The average Bonchev–Trinajstić information content (AvgIpc) is 2.69. The van der Waals surface area contributed by atoms with Crippen molar-refractivity contribution < 1.29 is 27.5 Å². The molecule has 0 aromatic heterocycles. The number of carbonyl (C=O) groups is 2. The van der Waals surface area contributed by atoms with Crippen LogP contribution in [0.4, 0.5) is 0 Å². The van der Waals surface area contributed by atoms with E-state index in [0.717, 1.165) is 0 Å². The Morgan fingerprint density at radius 2 is 1.68 bits per heavy atom. The van der Waals surface area contributed by atoms with Crippen LogP contribution >= 0.6 is 0 Å². The lowest BCUT2D eigenvalue weighted by Crippen LogP contribution is -2.40. The molecule has 1 heterocycles. The summed E-state index contributed by atoms with van der Waals surface area (Å²) in [6.45, 7) is 4.40. The number of rotatable bonds is 5. The van der Waals surface area contributed by atoms with Gasteiger partial charge < -0.3 is 9.47 Å². The van der Waals surface area contributed by atoms with Gasteiger partial charge in [-0.2, -0.15) is 4.31 Å². The van der Waals surface area contributed by atoms with Crippen molar-refractivity contribution in [1.82, 2.24) is 4.31 Å². The van der Waals surface area contributed by atoms with Gasteiger partial charge in [0.05, 0.1) is 23.7 Å². The Bertz CT molecular complexity index is 992. The number of morpholine rings is 1. The molecule has 0 radical (unpaired) electrons. The molecule has 0 saturated carbocycles. The molecule has 148 valence electrons. The molecule has 28 heavy (non-hydrogen) atoms. The number of ether oxygens (including phenoxy) is 2. The fourth-order valence-corrected chi connectivity index (χ4v) is 4.27. The van der Waals surface area contributed by atoms with Gasteiger partial charge in [-0.1, -0.05) is 6.07 Å². The van der Waals surface area contributed by atoms with Crippen molar-refractivity contribution in [2.75, 3.05) is 26.3 Å². The molecule has 1 aliphatic rings. The van der Waals surface area contributed by atoms with Gasteiger partial charge in [-0.05, 0) is 55.8 Å². The van der Waals surface area contributed by atoms with Crippen LogP contribution in [0.3, 0.4) is 0 Å². The lowest BCUT2D eigenvalue weighted by atomic mass is 10.1. The van der Waals surface area contributed by atoms with E-state index in [1.165, 1.54) is 35.5 Å². The minimum Gasteiger partial charge on any atom is -0.423 e. The van der Waals surface area contributed by atoms with E-state index in [0.29, 0.717) is 24.3 Å². The van der Waals surface area contributed by atoms with Gasteiger partial charge in [0, 0.05) is 18.7 Å². The second kappa shape index (κ2) is 8.22. The highest BCUT2D eigenvalue weighted by molar-refractivity contribution is 7.89. The number of hydrogen-bond donors (Lipinski definition) is 0. The van der Waals surface area contributed by atoms with Crippen LogP contribution in [-0.4, -0.2) is 50.8 Å². The fourth-order valence-electron chi connectivity index (χ4n) is 2.84. The average molecular weight is 403 g/mol. The van der Waals surface area contributed by atoms with Crippen molar-refractivity contribution in [3.05, 3.63) is 59.2 Å². The van der Waals surface area contributed by atoms with Gasteiger partial charge in [0.25, 0.3) is 0 Å². The first kappa shape index (κ1) is 20.2. The standard InChI is InChI=1S/C20H21NO6S/c1-14-3-8-18(28(24,25)21-9-11-26-12-10-21)13-19(14)20(23)27-17-6-4-16(5-7-17)15(2)22/h3-8,13H,9-12H2,1-2H3. The highest BCUT2D eigenvalue weighted by atomic mass is 32.2. The van der Waals surface area contributed by atoms with Gasteiger partial charge in [-0.15, -0.1) is 0 Å². The Hall–Kier alpha value is -2.55. The van der Waals surface area contributed by atoms with Gasteiger partial charge in [0.15, 0.2) is 5.78 Å². The van der Waals surface area contributed by atoms with Crippen molar-refractivity contribution in [2.24, 2.45) is 0 Å². The van der Waals surface area contributed by atoms with Crippen LogP contribution < -0.4 is 4.74 Å². The van der Waals surface area contributed by atoms with Crippen LogP contribution in [0.15, 0.2) is 47.4 Å². The van der Waals surface area contributed by atoms with Gasteiger partial charge in [-0.3, -0.25) is 4.79 Å². The third-order valence-corrected chi connectivity index (χ3v) is 6.40. The van der Waals surface area contributed by atoms with E-state index in [9.17, 15) is 18.0 Å². The van der Waals surface area contributed by atoms with Crippen LogP contribution in [0.25, 0.3) is 0 Å². The molecule has 0 N–H and O–H groups in total. The second-order valence-electron chi connectivity index (χ2n) is 6.46. The fraction of sp³-hybridized carbons (Fsp3) is 0.300. The first-order valence-corrected chi connectivity index (χ1v) is 10.2. The molecule has 1 fully saturated rings. The molecule has 0 bridgehead atoms. The van der Waals surface area contributed by atoms with E-state index in [1.807, 2.05) is 0 Å². The van der Waals surface area contributed by atoms with Gasteiger partial charge in [0.1, 0.15) is 5.75 Å². The number of esters is 1. The van der Waals surface area contributed by atoms with E-state index in [2.05, 4.69) is 0 Å². The third-order valence-electron chi connectivity index (χ3n) is 4.51. The predicted molar refractivity (Wildman–Crippen MR) is 102 cm³/mol. The first-order valence-electron chi connectivity index (χ1n) is 8.81. The van der Waals surface area contributed by atoms with Crippen molar-refractivity contribution in [2.45, 2.75) is 18.7 Å². The van der Waals surface area contributed by atoms with Crippen molar-refractivity contribution in [3.8, 4) is 5.75 Å². The Kier molecular flexibility index (Phi) is 5.93. The summed E-state index contributed by atoms with van der Waals surface area (Å²) in [6, 6.07) is 10.6. The molecule has 0 amide bonds. The molecule has 8 heteroatoms. The summed E-state index contributed by atoms with van der Waals surface area (Å²) >= 11 is 0. The van der Waals surface area contributed by atoms with Crippen molar-refractivity contribution in [3.63, 3.8) is 0 Å². The van der Waals surface area contributed by atoms with Gasteiger partial charge in [0.2, 0.25) is 10.0 Å². The zero-order chi connectivity index (χ0) is 20.3. The summed E-state index contributed by atoms with van der Waals surface area (Å²) < 4.78 is 37.5. The Balaban J connectivity index is 1.84. The van der Waals surface area contributed by atoms with Crippen LogP contribution in [0, 0.1) is 6.92 Å². The zero-order valence-corrected chi connectivity index (χ0v) is 16.5. The highest BCUT2D eigenvalue weighted by Gasteiger charge is 2.27. The second-order valence-corrected chi connectivity index (χ2v) is 8.40. The topological polar surface area (TPSA) is 90.0 Å². The SMILES string of the molecule is CC(=O)c1ccc(OC(=O)c2cc(S(=O)(=O)N3CCOCC3)ccc2C)cc1. The molecule has 2 aromatic rings. The van der Waals surface area contributed by atoms with E-state index in [4.69, 9.17) is 9.47 Å². The van der Waals surface area contributed by atoms with Gasteiger partial charge >= 0.3 is 5.97 Å². The number of benzene rings is 2. The molecule has 3 rings (SSSR count). The van der Waals surface area contributed by atoms with E-state index in [1.54, 1.807) is 25.1 Å². The lowest BCUT2D eigenvalue weighted by Gasteiger charge is -2.26. The molecule has 1 saturated heterocycles. The van der Waals surface area contributed by atoms with Crippen molar-refractivity contribution in [1.29, 1.82) is 0 Å². The van der Waals surface area contributed by atoms with Crippen LogP contribution in [-0.2, 0) is 14.8 Å². The number of nitrogens with zero attached hydrogens (tertiary/aromatic N) is 1. The molecule has 0 spiro atoms. The van der Waals surface area contributed by atoms with Crippen LogP contribution in [0.2, 0.25) is 0 Å². The molecule has 0 aliphatic carbocycles. The number of carbonyl (C=O) groups excluding carboxylic acids is 2. The molecule has 1 aliphatic heterocycles. The zero-order valence-electron chi connectivity index (χ0n) is 15.7. The maximum absolute atomic E-state index is 12.8. The third kappa shape index (κ3) is 4.30. The molecular weight excluding hydrogens is 382 g/mol. The predicted octanol–water partition coefficient (Wildman–Crippen LogP) is 2.44. The maximum Gasteiger partial charge on any atom is 0.343 e. The van der Waals surface area contributed by atoms with Crippen molar-refractivity contribution >= 4 is 21.8 Å². The number of sulfonamides is 1. The van der Waals surface area contributed by atoms with Crippen LogP contribution in [0.5, 0.6) is 5.75 Å². The maximum atomic E-state index is 12.8. The smallest absolute Gasteiger partial charge is 0.343 e. The summed E-state index contributed by atoms with van der Waals surface area (Å²) in [4.78, 5) is 24.0. The monoisotopic (exact) mass is 403 g/mol. The Labute approximate surface area is 163 Å². The highest BCUT2D eigenvalue weighted by Crippen LogP contribution is 2.22. The summed E-state index contributed by atoms with van der Waals surface area (Å²) in [5.41, 5.74) is 1.28. The lowest BCUT2D eigenvalue weighted by molar-refractivity contribution is 0.0727. The Morgan fingerprint density at radius 3 is 2.29 bits per heavy atom. The number of aryl methyl sites for hydroxylation is 1. The summed E-state index contributed by atoms with van der Waals surface area (Å²) in [7, 11) is -3.71. The molecule has 0 unspecified atom stereocenters. The number of Topliss-reactive ketones (excluding diaryl/α,β-unsaturated/α-hetero) is 1. The quantitative estimate of drug-likeness (QED) is 0.433. The minimum absolute atomic E-state index is 0.0406. The van der Waals surface area contributed by atoms with E-state index >= 15 is 0 Å². The largest absolute Gasteiger partial charge is 0.423 e. The normalized spacial score (nSPS) is 15.2. The van der Waals surface area contributed by atoms with E-state index in [-0.39, 0.29) is 35.1 Å². The summed E-state index contributed by atoms with van der Waals surface area (Å²) in [6.07, 6.45) is 0. The van der Waals surface area contributed by atoms with Gasteiger partial charge in [-0.25, -0.2) is 13.2 Å². The molecule has 7 nitrogen and oxygen atoms in total. The summed E-state index contributed by atoms with van der Waals surface area (Å²) in [5.74, 6) is -0.474. The number of ketones is 1.